The van der Waals surface area contributed by atoms with Gasteiger partial charge in [-0.25, -0.2) is 4.79 Å². The lowest BCUT2D eigenvalue weighted by Crippen LogP contribution is -2.19. The smallest absolute Gasteiger partial charge is 0.311 e. The largest absolute Gasteiger partial charge is 0.323 e. The summed E-state index contributed by atoms with van der Waals surface area (Å²) in [5.41, 5.74) is 3.00. The van der Waals surface area contributed by atoms with Gasteiger partial charge in [0.15, 0.2) is 11.6 Å². The number of hydrogen-bond acceptors (Lipinski definition) is 3. The molecule has 0 aliphatic carbocycles. The summed E-state index contributed by atoms with van der Waals surface area (Å²) >= 11 is 12.5. The van der Waals surface area contributed by atoms with Gasteiger partial charge in [0.2, 0.25) is 0 Å². The van der Waals surface area contributed by atoms with Gasteiger partial charge in [-0.2, -0.15) is 0 Å². The number of fused-ring (bicyclic) bond motifs is 1. The third-order valence-corrected chi connectivity index (χ3v) is 6.41. The summed E-state index contributed by atoms with van der Waals surface area (Å²) < 4.78 is 1.87. The third kappa shape index (κ3) is 4.96. The first kappa shape index (κ1) is 23.6. The lowest BCUT2D eigenvalue weighted by atomic mass is 10.1. The van der Waals surface area contributed by atoms with Crippen molar-refractivity contribution in [3.05, 3.63) is 106 Å². The van der Waals surface area contributed by atoms with Crippen LogP contribution in [0.5, 0.6) is 0 Å². The van der Waals surface area contributed by atoms with E-state index >= 15 is 0 Å². The second-order valence-electron chi connectivity index (χ2n) is 8.09. The van der Waals surface area contributed by atoms with Gasteiger partial charge in [-0.3, -0.25) is 0 Å². The molecule has 5 rings (SSSR count). The number of aromatic nitrogens is 3. The van der Waals surface area contributed by atoms with Crippen LogP contribution < -0.4 is 10.6 Å². The molecule has 178 valence electrons. The highest BCUT2D eigenvalue weighted by Gasteiger charge is 2.11. The molecule has 0 aliphatic heterocycles. The van der Waals surface area contributed by atoms with Crippen LogP contribution in [0.25, 0.3) is 34.3 Å². The van der Waals surface area contributed by atoms with E-state index < -0.39 is 0 Å². The molecule has 0 saturated carbocycles. The number of carbonyl (C=O) groups excluding carboxylic acids is 1. The second kappa shape index (κ2) is 10.2. The second-order valence-corrected chi connectivity index (χ2v) is 8.91. The van der Waals surface area contributed by atoms with Crippen LogP contribution in [0.2, 0.25) is 10.0 Å². The lowest BCUT2D eigenvalue weighted by molar-refractivity contribution is 0.262. The Balaban J connectivity index is 1.28. The Morgan fingerprint density at radius 2 is 1.50 bits per heavy atom. The van der Waals surface area contributed by atoms with E-state index in [1.807, 2.05) is 90.5 Å². The fraction of sp³-hybridized carbons (Fsp3) is 0.0357. The molecule has 1 aromatic heterocycles. The zero-order valence-electron chi connectivity index (χ0n) is 19.2. The van der Waals surface area contributed by atoms with Crippen LogP contribution in [0.3, 0.4) is 0 Å². The molecule has 6 nitrogen and oxygen atoms in total. The molecule has 0 spiro atoms. The summed E-state index contributed by atoms with van der Waals surface area (Å²) in [4.78, 5) is 12.6. The molecule has 0 fully saturated rings. The van der Waals surface area contributed by atoms with E-state index in [2.05, 4.69) is 20.8 Å². The van der Waals surface area contributed by atoms with Gasteiger partial charge in [0.25, 0.3) is 0 Å². The summed E-state index contributed by atoms with van der Waals surface area (Å²) in [5, 5.41) is 17.6. The average molecular weight is 514 g/mol. The molecule has 4 aromatic carbocycles. The first-order valence-corrected chi connectivity index (χ1v) is 11.9. The minimum Gasteiger partial charge on any atom is -0.311 e. The molecule has 1 heterocycles. The molecule has 5 aromatic rings. The molecule has 0 atom stereocenters. The van der Waals surface area contributed by atoms with Crippen LogP contribution in [0.1, 0.15) is 11.4 Å². The van der Waals surface area contributed by atoms with Crippen LogP contribution in [-0.2, 0) is 7.05 Å². The summed E-state index contributed by atoms with van der Waals surface area (Å²) in [6.07, 6.45) is 3.64. The number of halogens is 2. The molecule has 0 aliphatic rings. The normalized spacial score (nSPS) is 11.2. The SMILES string of the molecule is Cn1c(/C=C/c2c(Cl)cccc2Cl)nnc1-c1ccc(NC(=O)Nc2cccc3ccccc23)cc1. The molecule has 36 heavy (non-hydrogen) atoms. The highest BCUT2D eigenvalue weighted by Crippen LogP contribution is 2.27. The Bertz CT molecular complexity index is 1570. The van der Waals surface area contributed by atoms with E-state index in [1.54, 1.807) is 18.2 Å². The zero-order chi connectivity index (χ0) is 25.1. The van der Waals surface area contributed by atoms with Gasteiger partial charge >= 0.3 is 6.03 Å². The van der Waals surface area contributed by atoms with Crippen molar-refractivity contribution in [2.45, 2.75) is 0 Å². The first-order valence-electron chi connectivity index (χ1n) is 11.2. The Morgan fingerprint density at radius 3 is 2.28 bits per heavy atom. The van der Waals surface area contributed by atoms with Crippen LogP contribution >= 0.6 is 23.2 Å². The maximum atomic E-state index is 12.6. The van der Waals surface area contributed by atoms with E-state index in [0.717, 1.165) is 27.6 Å². The summed E-state index contributed by atoms with van der Waals surface area (Å²) in [5.74, 6) is 1.34. The Hall–Kier alpha value is -4.13. The minimum atomic E-state index is -0.316. The van der Waals surface area contributed by atoms with Crippen LogP contribution in [0.15, 0.2) is 84.9 Å². The molecule has 0 bridgehead atoms. The number of urea groups is 1. The summed E-state index contributed by atoms with van der Waals surface area (Å²) in [7, 11) is 1.88. The molecular formula is C28H21Cl2N5O. The third-order valence-electron chi connectivity index (χ3n) is 5.75. The molecule has 8 heteroatoms. The fourth-order valence-electron chi connectivity index (χ4n) is 3.89. The van der Waals surface area contributed by atoms with Crippen LogP contribution in [-0.4, -0.2) is 20.8 Å². The van der Waals surface area contributed by atoms with Crippen molar-refractivity contribution in [3.8, 4) is 11.4 Å². The number of rotatable bonds is 5. The first-order chi connectivity index (χ1) is 17.5. The van der Waals surface area contributed by atoms with Crippen LogP contribution in [0, 0.1) is 0 Å². The predicted molar refractivity (Wildman–Crippen MR) is 148 cm³/mol. The van der Waals surface area contributed by atoms with E-state index in [9.17, 15) is 4.79 Å². The average Bonchev–Trinajstić information content (AvgIpc) is 3.24. The van der Waals surface area contributed by atoms with Gasteiger partial charge in [0, 0.05) is 39.3 Å². The highest BCUT2D eigenvalue weighted by molar-refractivity contribution is 6.37. The maximum absolute atomic E-state index is 12.6. The number of benzene rings is 4. The molecule has 0 saturated heterocycles. The van der Waals surface area contributed by atoms with Crippen molar-refractivity contribution in [2.24, 2.45) is 7.05 Å². The van der Waals surface area contributed by atoms with Crippen molar-refractivity contribution in [1.29, 1.82) is 0 Å². The van der Waals surface area contributed by atoms with Gasteiger partial charge in [-0.1, -0.05) is 65.7 Å². The number of hydrogen-bond donors (Lipinski definition) is 2. The molecule has 0 radical (unpaired) electrons. The van der Waals surface area contributed by atoms with Gasteiger partial charge in [-0.05, 0) is 60.0 Å². The van der Waals surface area contributed by atoms with E-state index in [0.29, 0.717) is 27.4 Å². The Labute approximate surface area is 218 Å². The van der Waals surface area contributed by atoms with Crippen molar-refractivity contribution < 1.29 is 4.79 Å². The number of anilines is 2. The van der Waals surface area contributed by atoms with Gasteiger partial charge < -0.3 is 15.2 Å². The number of carbonyl (C=O) groups is 1. The monoisotopic (exact) mass is 513 g/mol. The molecular weight excluding hydrogens is 493 g/mol. The fourth-order valence-corrected chi connectivity index (χ4v) is 4.41. The summed E-state index contributed by atoms with van der Waals surface area (Å²) in [6, 6.07) is 26.2. The van der Waals surface area contributed by atoms with Gasteiger partial charge in [0.05, 0.1) is 5.69 Å². The Kier molecular flexibility index (Phi) is 6.71. The molecule has 0 unspecified atom stereocenters. The van der Waals surface area contributed by atoms with Crippen molar-refractivity contribution in [2.75, 3.05) is 10.6 Å². The van der Waals surface area contributed by atoms with Crippen molar-refractivity contribution in [1.82, 2.24) is 14.8 Å². The molecule has 2 amide bonds. The maximum Gasteiger partial charge on any atom is 0.323 e. The van der Waals surface area contributed by atoms with Gasteiger partial charge in [-0.15, -0.1) is 10.2 Å². The quantitative estimate of drug-likeness (QED) is 0.252. The standard InChI is InChI=1S/C28H21Cl2N5O/c1-35-26(17-16-22-23(29)9-5-10-24(22)30)33-34-27(35)19-12-14-20(15-13-19)31-28(36)32-25-11-4-7-18-6-2-3-8-21(18)25/h2-17H,1H3,(H2,31,32,36)/b17-16+. The van der Waals surface area contributed by atoms with E-state index in [-0.39, 0.29) is 6.03 Å². The van der Waals surface area contributed by atoms with Crippen LogP contribution in [0.4, 0.5) is 16.2 Å². The van der Waals surface area contributed by atoms with Gasteiger partial charge in [0.1, 0.15) is 0 Å². The topological polar surface area (TPSA) is 71.8 Å². The number of nitrogens with one attached hydrogen (secondary N) is 2. The highest BCUT2D eigenvalue weighted by atomic mass is 35.5. The number of amides is 2. The Morgan fingerprint density at radius 1 is 0.806 bits per heavy atom. The zero-order valence-corrected chi connectivity index (χ0v) is 20.8. The summed E-state index contributed by atoms with van der Waals surface area (Å²) in [6.45, 7) is 0. The van der Waals surface area contributed by atoms with E-state index in [4.69, 9.17) is 23.2 Å². The number of nitrogens with zero attached hydrogens (tertiary/aromatic N) is 3. The van der Waals surface area contributed by atoms with E-state index in [1.165, 1.54) is 0 Å². The van der Waals surface area contributed by atoms with Crippen molar-refractivity contribution >= 4 is 63.5 Å². The van der Waals surface area contributed by atoms with Crippen molar-refractivity contribution in [3.63, 3.8) is 0 Å². The molecule has 2 N–H and O–H groups in total. The minimum absolute atomic E-state index is 0.316. The predicted octanol–water partition coefficient (Wildman–Crippen LogP) is 7.76. The lowest BCUT2D eigenvalue weighted by Gasteiger charge is -2.10.